The Hall–Kier alpha value is -5.06. The molecule has 15 nitrogen and oxygen atoms in total. The second-order valence-corrected chi connectivity index (χ2v) is 26.6. The number of nitrogens with zero attached hydrogens (tertiary/aromatic N) is 1. The van der Waals surface area contributed by atoms with Gasteiger partial charge in [0.05, 0.1) is 60.5 Å². The average molecular weight is 1120 g/mol. The highest BCUT2D eigenvalue weighted by Gasteiger charge is 2.70. The molecule has 5 heterocycles. The van der Waals surface area contributed by atoms with Crippen LogP contribution in [0.25, 0.3) is 21.9 Å². The molecule has 2 aromatic heterocycles. The predicted octanol–water partition coefficient (Wildman–Crippen LogP) is 11.3. The summed E-state index contributed by atoms with van der Waals surface area (Å²) in [5, 5.41) is 7.77. The van der Waals surface area contributed by atoms with Crippen molar-refractivity contribution in [3.05, 3.63) is 97.5 Å². The lowest BCUT2D eigenvalue weighted by Gasteiger charge is -2.64. The number of para-hydroxylation sites is 2. The van der Waals surface area contributed by atoms with Crippen molar-refractivity contribution in [1.82, 2.24) is 15.5 Å². The van der Waals surface area contributed by atoms with E-state index in [1.54, 1.807) is 17.4 Å². The highest BCUT2D eigenvalue weighted by atomic mass is 35.5. The number of ether oxygens (including phenoxy) is 2. The number of piperidine rings is 1. The van der Waals surface area contributed by atoms with Gasteiger partial charge in [0.25, 0.3) is 0 Å². The second-order valence-electron chi connectivity index (χ2n) is 26.2. The van der Waals surface area contributed by atoms with E-state index in [9.17, 15) is 19.2 Å². The highest BCUT2D eigenvalue weighted by molar-refractivity contribution is 6.66. The van der Waals surface area contributed by atoms with E-state index in [1.165, 1.54) is 31.8 Å². The van der Waals surface area contributed by atoms with E-state index in [0.29, 0.717) is 67.4 Å². The fourth-order valence-corrected chi connectivity index (χ4v) is 16.3. The van der Waals surface area contributed by atoms with Gasteiger partial charge in [-0.05, 0) is 189 Å². The number of furan rings is 2. The van der Waals surface area contributed by atoms with E-state index >= 15 is 0 Å². The molecule has 3 saturated heterocycles. The Labute approximate surface area is 476 Å². The van der Waals surface area contributed by atoms with E-state index in [4.69, 9.17) is 48.5 Å². The Balaban J connectivity index is 0.000000155. The Morgan fingerprint density at radius 1 is 0.688 bits per heavy atom. The minimum absolute atomic E-state index is 0. The van der Waals surface area contributed by atoms with Crippen LogP contribution < -0.4 is 10.6 Å². The lowest BCUT2D eigenvalue weighted by Crippen LogP contribution is -2.65. The molecule has 12 fully saturated rings. The monoisotopic (exact) mass is 1120 g/mol. The number of halogens is 1. The number of allylic oxidation sites excluding steroid dienone is 1. The number of benzene rings is 2. The first kappa shape index (κ1) is 56.8. The summed E-state index contributed by atoms with van der Waals surface area (Å²) >= 11 is 4.71. The number of nitrogens with one attached hydrogen (secondary N) is 2. The Morgan fingerprint density at radius 3 is 1.62 bits per heavy atom. The van der Waals surface area contributed by atoms with Crippen molar-refractivity contribution in [2.24, 2.45) is 64.1 Å². The molecule has 16 atom stereocenters. The maximum Gasteiger partial charge on any atom is 0.482 e. The van der Waals surface area contributed by atoms with Crippen LogP contribution in [0.2, 0.25) is 0 Å². The van der Waals surface area contributed by atoms with E-state index in [2.05, 4.69) is 71.4 Å². The smallest absolute Gasteiger partial charge is 0.464 e. The maximum absolute atomic E-state index is 13.2. The van der Waals surface area contributed by atoms with Crippen molar-refractivity contribution in [1.29, 1.82) is 0 Å². The van der Waals surface area contributed by atoms with Gasteiger partial charge >= 0.3 is 26.4 Å². The van der Waals surface area contributed by atoms with Crippen LogP contribution in [0.15, 0.2) is 95.2 Å². The molecule has 4 aromatic rings. The first-order chi connectivity index (χ1) is 37.8. The molecule has 80 heavy (non-hydrogen) atoms. The summed E-state index contributed by atoms with van der Waals surface area (Å²) in [6, 6.07) is 15.8. The molecular formula is C62H80B2ClN3O12. The van der Waals surface area contributed by atoms with E-state index < -0.39 is 31.5 Å². The number of hydrogen-bond acceptors (Lipinski definition) is 12. The molecule has 3 aliphatic heterocycles. The predicted molar refractivity (Wildman–Crippen MR) is 306 cm³/mol. The summed E-state index contributed by atoms with van der Waals surface area (Å²) in [6.45, 7) is 21.9. The molecular weight excluding hydrogens is 1040 g/mol. The molecule has 0 unspecified atom stereocenters. The summed E-state index contributed by atoms with van der Waals surface area (Å²) in [5.41, 5.74) is 3.46. The van der Waals surface area contributed by atoms with Crippen molar-refractivity contribution in [3.63, 3.8) is 0 Å². The third-order valence-corrected chi connectivity index (χ3v) is 21.6. The minimum Gasteiger partial charge on any atom is -0.464 e. The van der Waals surface area contributed by atoms with Crippen molar-refractivity contribution in [3.8, 4) is 0 Å². The van der Waals surface area contributed by atoms with Gasteiger partial charge in [0.15, 0.2) is 0 Å². The van der Waals surface area contributed by atoms with Gasteiger partial charge in [-0.3, -0.25) is 9.59 Å². The first-order valence-electron chi connectivity index (χ1n) is 29.0. The molecule has 428 valence electrons. The van der Waals surface area contributed by atoms with Crippen LogP contribution in [-0.2, 0) is 50.5 Å². The van der Waals surface area contributed by atoms with E-state index in [0.717, 1.165) is 76.7 Å². The number of rotatable bonds is 14. The fraction of sp³-hybridized carbons (Fsp3) is 0.613. The zero-order valence-electron chi connectivity index (χ0n) is 46.5. The normalized spacial score (nSPS) is 35.1. The molecule has 9 aliphatic carbocycles. The standard InChI is InChI=1S/C30H37BN2O6.C28H36BNO5.C3H3ClO.CH4/c1-5-27(34)33-14-17-10-21(17)22(33)16-37-28(35)32-26(11-18-15-36-23-9-7-6-8-20(18)23)31-38-25-13-19-12-24(29(19,2)3)30(25,4)39-31;1-27(2)19-12-23(27)28(3)24(13-19)34-29(35-28)25(11-18-15-32-22-7-5-4-6-20(18)22)30-26(31)33-14-17-9-8-16-10-21(16)17;1-2-3(4)5;/h5-9,15,17,19,21-22,24-26H,1,10-14,16H2,2-4H3,(H,32,35);4-7,15-17,19,21,23-25H,8-14H2,1-3H3,(H,30,31);2H,1H2;1H4/t17-,19-,21-,22-,24-,25+,26-,30-;16-,17+,19+,21+,23+,24-,25+,28+;;/m01../s1. The van der Waals surface area contributed by atoms with Gasteiger partial charge in [-0.2, -0.15) is 0 Å². The van der Waals surface area contributed by atoms with Gasteiger partial charge in [0.1, 0.15) is 17.8 Å². The molecule has 4 bridgehead atoms. The number of carbonyl (C=O) groups is 4. The Bertz CT molecular complexity index is 3020. The van der Waals surface area contributed by atoms with Crippen LogP contribution in [0.1, 0.15) is 111 Å². The molecule has 18 heteroatoms. The van der Waals surface area contributed by atoms with Gasteiger partial charge in [-0.15, -0.1) is 0 Å². The molecule has 0 spiro atoms. The molecule has 9 saturated carbocycles. The highest BCUT2D eigenvalue weighted by Crippen LogP contribution is 2.67. The molecule has 12 aliphatic rings. The number of alkyl carbamates (subject to hydrolysis) is 2. The van der Waals surface area contributed by atoms with Crippen molar-refractivity contribution in [2.75, 3.05) is 19.8 Å². The summed E-state index contributed by atoms with van der Waals surface area (Å²) in [6.07, 6.45) is 15.3. The van der Waals surface area contributed by atoms with Crippen LogP contribution in [0.5, 0.6) is 0 Å². The number of fused-ring (bicyclic) bond motifs is 4. The quantitative estimate of drug-likeness (QED) is 0.0695. The molecule has 2 aromatic carbocycles. The fourth-order valence-electron chi connectivity index (χ4n) is 16.3. The number of amides is 3. The largest absolute Gasteiger partial charge is 0.482 e. The van der Waals surface area contributed by atoms with Gasteiger partial charge in [-0.25, -0.2) is 9.59 Å². The van der Waals surface area contributed by atoms with Crippen molar-refractivity contribution >= 4 is 71.1 Å². The van der Waals surface area contributed by atoms with Gasteiger partial charge in [0.2, 0.25) is 11.1 Å². The first-order valence-corrected chi connectivity index (χ1v) is 29.3. The van der Waals surface area contributed by atoms with Gasteiger partial charge < -0.3 is 52.5 Å². The Morgan fingerprint density at radius 2 is 1.18 bits per heavy atom. The summed E-state index contributed by atoms with van der Waals surface area (Å²) in [5.74, 6) is 4.36. The van der Waals surface area contributed by atoms with Gasteiger partial charge in [0, 0.05) is 17.3 Å². The second kappa shape index (κ2) is 21.6. The Kier molecular flexibility index (Phi) is 15.3. The summed E-state index contributed by atoms with van der Waals surface area (Å²) in [7, 11) is -1.12. The van der Waals surface area contributed by atoms with E-state index in [1.807, 2.05) is 42.5 Å². The lowest BCUT2D eigenvalue weighted by molar-refractivity contribution is -0.199. The third kappa shape index (κ3) is 10.2. The van der Waals surface area contributed by atoms with Crippen LogP contribution in [0, 0.1) is 64.1 Å². The van der Waals surface area contributed by atoms with Crippen LogP contribution in [0.3, 0.4) is 0 Å². The number of likely N-dealkylation sites (tertiary alicyclic amines) is 1. The van der Waals surface area contributed by atoms with Crippen molar-refractivity contribution in [2.45, 2.75) is 155 Å². The zero-order valence-corrected chi connectivity index (χ0v) is 47.3. The molecule has 2 N–H and O–H groups in total. The van der Waals surface area contributed by atoms with Crippen LogP contribution in [-0.4, -0.2) is 104 Å². The number of hydrogen-bond donors (Lipinski definition) is 2. The van der Waals surface area contributed by atoms with Crippen LogP contribution in [0.4, 0.5) is 9.59 Å². The third-order valence-electron chi connectivity index (χ3n) is 21.4. The molecule has 3 amide bonds. The average Bonchev–Trinajstić information content (AvgIpc) is 3.48. The molecule has 0 radical (unpaired) electrons. The maximum atomic E-state index is 13.2. The molecule has 16 rings (SSSR count). The minimum atomic E-state index is -0.602. The van der Waals surface area contributed by atoms with Crippen molar-refractivity contribution < 1.29 is 56.1 Å². The summed E-state index contributed by atoms with van der Waals surface area (Å²) in [4.78, 5) is 49.7. The number of carbonyl (C=O) groups excluding carboxylic acids is 4. The van der Waals surface area contributed by atoms with E-state index in [-0.39, 0.29) is 72.3 Å². The topological polar surface area (TPSA) is 177 Å². The zero-order chi connectivity index (χ0) is 55.3. The van der Waals surface area contributed by atoms with Crippen LogP contribution >= 0.6 is 11.6 Å². The lowest BCUT2D eigenvalue weighted by atomic mass is 9.43. The SMILES string of the molecule is C.C=CC(=O)Cl.C=CC(=O)N1C[C@@H]2C[C@@H]2[C@@H]1COC(=O)N[C@@H](Cc1coc2ccccc12)B1O[C@@H]2C[C@@H]3C[C@@H](C3(C)C)[C@]2(C)O1.CC1(C)[C@@H]2C[C@H]3OB([C@H](Cc4coc5ccccc45)NC(=O)OC[C@@H]4CC[C@@H]5C[C@@H]54)O[C@@]3(C)[C@H]1C2. The van der Waals surface area contributed by atoms with Gasteiger partial charge in [-0.1, -0.05) is 84.7 Å². The summed E-state index contributed by atoms with van der Waals surface area (Å²) < 4.78 is 49.7.